The Morgan fingerprint density at radius 3 is 2.07 bits per heavy atom. The van der Waals surface area contributed by atoms with Gasteiger partial charge in [-0.3, -0.25) is 0 Å². The van der Waals surface area contributed by atoms with Gasteiger partial charge >= 0.3 is 0 Å². The average molecular weight is 379 g/mol. The maximum Gasteiger partial charge on any atom is 0.0545 e. The Balaban J connectivity index is 1.97. The highest BCUT2D eigenvalue weighted by atomic mass is 16.3. The van der Waals surface area contributed by atoms with Crippen LogP contribution in [0.2, 0.25) is 0 Å². The van der Waals surface area contributed by atoms with Crippen LogP contribution >= 0.6 is 0 Å². The molecule has 27 heavy (non-hydrogen) atoms. The lowest BCUT2D eigenvalue weighted by molar-refractivity contribution is 0.0648. The van der Waals surface area contributed by atoms with E-state index in [-0.39, 0.29) is 6.10 Å². The topological polar surface area (TPSA) is 20.2 Å². The summed E-state index contributed by atoms with van der Waals surface area (Å²) in [6.07, 6.45) is 20.3. The standard InChI is InChI=1S/C26H50O/c1-5-12-25(26(17-20(3)6-2)23-15-10-11-16-23)21(4)18-24(27)19-22-13-8-7-9-14-22/h20-27H,5-19H2,1-4H3/t20-,21+,24-,25-,26?/m1/s1. The normalized spacial score (nSPS) is 25.2. The van der Waals surface area contributed by atoms with E-state index in [1.165, 1.54) is 83.5 Å². The van der Waals surface area contributed by atoms with Crippen molar-refractivity contribution in [2.45, 2.75) is 130 Å². The fourth-order valence-electron chi connectivity index (χ4n) is 6.50. The zero-order valence-corrected chi connectivity index (χ0v) is 19.1. The summed E-state index contributed by atoms with van der Waals surface area (Å²) in [7, 11) is 0. The zero-order valence-electron chi connectivity index (χ0n) is 19.1. The van der Waals surface area contributed by atoms with E-state index in [2.05, 4.69) is 27.7 Å². The lowest BCUT2D eigenvalue weighted by Crippen LogP contribution is -2.31. The Hall–Kier alpha value is -0.0400. The Morgan fingerprint density at radius 1 is 0.852 bits per heavy atom. The first-order chi connectivity index (χ1) is 13.0. The molecule has 0 aliphatic heterocycles. The predicted molar refractivity (Wildman–Crippen MR) is 119 cm³/mol. The lowest BCUT2D eigenvalue weighted by Gasteiger charge is -2.38. The molecule has 0 aromatic rings. The molecule has 1 N–H and O–H groups in total. The predicted octanol–water partition coefficient (Wildman–Crippen LogP) is 8.00. The molecule has 0 amide bonds. The molecule has 1 nitrogen and oxygen atoms in total. The molecule has 2 fully saturated rings. The third-order valence-electron chi connectivity index (χ3n) is 8.25. The van der Waals surface area contributed by atoms with Crippen molar-refractivity contribution in [2.24, 2.45) is 35.5 Å². The fraction of sp³-hybridized carbons (Fsp3) is 1.00. The molecule has 2 saturated carbocycles. The minimum atomic E-state index is -0.0599. The zero-order chi connectivity index (χ0) is 19.6. The van der Waals surface area contributed by atoms with Crippen LogP contribution in [0.1, 0.15) is 124 Å². The first-order valence-corrected chi connectivity index (χ1v) is 12.7. The van der Waals surface area contributed by atoms with E-state index >= 15 is 0 Å². The van der Waals surface area contributed by atoms with E-state index < -0.39 is 0 Å². The van der Waals surface area contributed by atoms with Crippen molar-refractivity contribution in [3.8, 4) is 0 Å². The molecule has 2 rings (SSSR count). The second-order valence-corrected chi connectivity index (χ2v) is 10.5. The van der Waals surface area contributed by atoms with Crippen molar-refractivity contribution in [1.82, 2.24) is 0 Å². The fourth-order valence-corrected chi connectivity index (χ4v) is 6.50. The second-order valence-electron chi connectivity index (χ2n) is 10.5. The van der Waals surface area contributed by atoms with Crippen molar-refractivity contribution in [3.05, 3.63) is 0 Å². The second kappa shape index (κ2) is 12.5. The molecule has 0 radical (unpaired) electrons. The van der Waals surface area contributed by atoms with E-state index in [0.717, 1.165) is 42.4 Å². The highest BCUT2D eigenvalue weighted by Crippen LogP contribution is 2.44. The third kappa shape index (κ3) is 7.71. The van der Waals surface area contributed by atoms with Gasteiger partial charge in [-0.2, -0.15) is 0 Å². The Kier molecular flexibility index (Phi) is 10.8. The summed E-state index contributed by atoms with van der Waals surface area (Å²) in [6.45, 7) is 9.67. The van der Waals surface area contributed by atoms with E-state index in [4.69, 9.17) is 0 Å². The molecule has 2 aliphatic rings. The van der Waals surface area contributed by atoms with E-state index in [9.17, 15) is 5.11 Å². The van der Waals surface area contributed by atoms with Crippen LogP contribution in [0.4, 0.5) is 0 Å². The largest absolute Gasteiger partial charge is 0.393 e. The van der Waals surface area contributed by atoms with Gasteiger partial charge in [-0.15, -0.1) is 0 Å². The molecule has 0 aromatic heterocycles. The van der Waals surface area contributed by atoms with Gasteiger partial charge in [-0.25, -0.2) is 0 Å². The molecule has 0 bridgehead atoms. The molecule has 1 heteroatoms. The van der Waals surface area contributed by atoms with Crippen LogP contribution in [0, 0.1) is 35.5 Å². The maximum absolute atomic E-state index is 10.9. The number of aliphatic hydroxyl groups excluding tert-OH is 1. The first-order valence-electron chi connectivity index (χ1n) is 12.7. The quantitative estimate of drug-likeness (QED) is 0.364. The van der Waals surface area contributed by atoms with Gasteiger partial charge in [-0.05, 0) is 54.8 Å². The van der Waals surface area contributed by atoms with Crippen molar-refractivity contribution in [2.75, 3.05) is 0 Å². The van der Waals surface area contributed by atoms with Crippen molar-refractivity contribution in [3.63, 3.8) is 0 Å². The molecule has 160 valence electrons. The van der Waals surface area contributed by atoms with Crippen molar-refractivity contribution in [1.29, 1.82) is 0 Å². The minimum absolute atomic E-state index is 0.0599. The summed E-state index contributed by atoms with van der Waals surface area (Å²) in [5, 5.41) is 10.9. The summed E-state index contributed by atoms with van der Waals surface area (Å²) < 4.78 is 0. The smallest absolute Gasteiger partial charge is 0.0545 e. The van der Waals surface area contributed by atoms with Crippen molar-refractivity contribution >= 4 is 0 Å². The molecule has 0 spiro atoms. The lowest BCUT2D eigenvalue weighted by atomic mass is 9.68. The number of hydrogen-bond donors (Lipinski definition) is 1. The minimum Gasteiger partial charge on any atom is -0.393 e. The van der Waals surface area contributed by atoms with Gasteiger partial charge in [0.05, 0.1) is 6.10 Å². The SMILES string of the molecule is CCC[C@@H](C(C[C@H](C)CC)C1CCCC1)[C@@H](C)C[C@@H](O)CC1CCCCC1. The maximum atomic E-state index is 10.9. The Bertz CT molecular complexity index is 366. The van der Waals surface area contributed by atoms with E-state index in [0.29, 0.717) is 5.92 Å². The number of rotatable bonds is 12. The van der Waals surface area contributed by atoms with Crippen LogP contribution in [-0.4, -0.2) is 11.2 Å². The molecule has 0 aromatic carbocycles. The highest BCUT2D eigenvalue weighted by Gasteiger charge is 2.35. The van der Waals surface area contributed by atoms with Gasteiger partial charge in [-0.1, -0.05) is 105 Å². The van der Waals surface area contributed by atoms with Crippen LogP contribution in [0.3, 0.4) is 0 Å². The van der Waals surface area contributed by atoms with Crippen LogP contribution in [-0.2, 0) is 0 Å². The van der Waals surface area contributed by atoms with Gasteiger partial charge in [0.25, 0.3) is 0 Å². The Morgan fingerprint density at radius 2 is 1.48 bits per heavy atom. The summed E-state index contributed by atoms with van der Waals surface area (Å²) in [4.78, 5) is 0. The van der Waals surface area contributed by atoms with Crippen LogP contribution in [0.25, 0.3) is 0 Å². The van der Waals surface area contributed by atoms with Crippen LogP contribution in [0.15, 0.2) is 0 Å². The van der Waals surface area contributed by atoms with E-state index in [1.807, 2.05) is 0 Å². The number of hydrogen-bond acceptors (Lipinski definition) is 1. The van der Waals surface area contributed by atoms with Gasteiger partial charge in [0.1, 0.15) is 0 Å². The van der Waals surface area contributed by atoms with Crippen LogP contribution in [0.5, 0.6) is 0 Å². The molecule has 0 heterocycles. The monoisotopic (exact) mass is 378 g/mol. The number of aliphatic hydroxyl groups is 1. The molecule has 1 unspecified atom stereocenters. The average Bonchev–Trinajstić information content (AvgIpc) is 3.19. The van der Waals surface area contributed by atoms with Crippen LogP contribution < -0.4 is 0 Å². The van der Waals surface area contributed by atoms with Gasteiger partial charge < -0.3 is 5.11 Å². The molecule has 0 saturated heterocycles. The van der Waals surface area contributed by atoms with Gasteiger partial charge in [0.15, 0.2) is 0 Å². The summed E-state index contributed by atoms with van der Waals surface area (Å²) in [6, 6.07) is 0. The molecule has 2 aliphatic carbocycles. The first kappa shape index (κ1) is 23.2. The third-order valence-corrected chi connectivity index (χ3v) is 8.25. The highest BCUT2D eigenvalue weighted by molar-refractivity contribution is 4.85. The summed E-state index contributed by atoms with van der Waals surface area (Å²) >= 11 is 0. The van der Waals surface area contributed by atoms with E-state index in [1.54, 1.807) is 0 Å². The molecular formula is C26H50O. The van der Waals surface area contributed by atoms with Crippen molar-refractivity contribution < 1.29 is 5.11 Å². The summed E-state index contributed by atoms with van der Waals surface area (Å²) in [5.41, 5.74) is 0. The van der Waals surface area contributed by atoms with Gasteiger partial charge in [0, 0.05) is 0 Å². The Labute approximate surface area is 171 Å². The molecule has 5 atom stereocenters. The van der Waals surface area contributed by atoms with Gasteiger partial charge in [0.2, 0.25) is 0 Å². The summed E-state index contributed by atoms with van der Waals surface area (Å²) in [5.74, 6) is 5.03. The molecular weight excluding hydrogens is 328 g/mol.